The van der Waals surface area contributed by atoms with Crippen LogP contribution in [0.2, 0.25) is 0 Å². The topological polar surface area (TPSA) is 35.5 Å². The highest BCUT2D eigenvalue weighted by atomic mass is 16.5. The molecule has 156 valence electrons. The Kier molecular flexibility index (Phi) is 5.30. The maximum absolute atomic E-state index is 12.4. The number of rotatable bonds is 5. The zero-order valence-electron chi connectivity index (χ0n) is 17.7. The molecule has 0 bridgehead atoms. The molecule has 0 amide bonds. The first-order valence-electron chi connectivity index (χ1n) is 10.6. The van der Waals surface area contributed by atoms with Crippen molar-refractivity contribution in [3.8, 4) is 5.75 Å². The monoisotopic (exact) mass is 418 g/mol. The third-order valence-electron chi connectivity index (χ3n) is 5.46. The second-order valence-corrected chi connectivity index (χ2v) is 7.91. The second-order valence-electron chi connectivity index (χ2n) is 7.91. The number of benzene rings is 4. The molecule has 1 aliphatic rings. The summed E-state index contributed by atoms with van der Waals surface area (Å²) in [6.07, 6.45) is 3.64. The van der Waals surface area contributed by atoms with Gasteiger partial charge in [-0.25, -0.2) is 4.79 Å². The van der Waals surface area contributed by atoms with Crippen molar-refractivity contribution in [2.75, 3.05) is 0 Å². The van der Waals surface area contributed by atoms with E-state index in [0.29, 0.717) is 17.9 Å². The molecule has 1 aliphatic heterocycles. The number of cyclic esters (lactones) is 1. The van der Waals surface area contributed by atoms with E-state index in [0.717, 1.165) is 27.8 Å². The third kappa shape index (κ3) is 4.33. The molecule has 1 heterocycles. The lowest BCUT2D eigenvalue weighted by atomic mass is 10.0. The van der Waals surface area contributed by atoms with E-state index >= 15 is 0 Å². The van der Waals surface area contributed by atoms with Gasteiger partial charge in [-0.2, -0.15) is 0 Å². The van der Waals surface area contributed by atoms with Gasteiger partial charge in [-0.05, 0) is 59.2 Å². The molecule has 0 radical (unpaired) electrons. The van der Waals surface area contributed by atoms with Gasteiger partial charge in [0.1, 0.15) is 18.1 Å². The Morgan fingerprint density at radius 1 is 0.844 bits per heavy atom. The van der Waals surface area contributed by atoms with Gasteiger partial charge in [0.15, 0.2) is 0 Å². The van der Waals surface area contributed by atoms with Crippen molar-refractivity contribution in [1.29, 1.82) is 0 Å². The summed E-state index contributed by atoms with van der Waals surface area (Å²) in [6, 6.07) is 30.1. The van der Waals surface area contributed by atoms with Gasteiger partial charge in [-0.3, -0.25) is 0 Å². The molecule has 0 spiro atoms. The predicted molar refractivity (Wildman–Crippen MR) is 128 cm³/mol. The molecule has 32 heavy (non-hydrogen) atoms. The number of carbonyl (C=O) groups excluding carboxylic acids is 1. The van der Waals surface area contributed by atoms with Crippen LogP contribution in [0.4, 0.5) is 0 Å². The van der Waals surface area contributed by atoms with Crippen molar-refractivity contribution in [3.63, 3.8) is 0 Å². The Bertz CT molecular complexity index is 1350. The van der Waals surface area contributed by atoms with Crippen LogP contribution < -0.4 is 4.74 Å². The van der Waals surface area contributed by atoms with E-state index in [4.69, 9.17) is 9.47 Å². The van der Waals surface area contributed by atoms with Crippen LogP contribution in [-0.4, -0.2) is 5.97 Å². The van der Waals surface area contributed by atoms with E-state index in [1.807, 2.05) is 66.7 Å². The van der Waals surface area contributed by atoms with Crippen molar-refractivity contribution < 1.29 is 14.3 Å². The molecule has 0 aliphatic carbocycles. The zero-order chi connectivity index (χ0) is 21.9. The average Bonchev–Trinajstić information content (AvgIpc) is 3.19. The summed E-state index contributed by atoms with van der Waals surface area (Å²) >= 11 is 0. The van der Waals surface area contributed by atoms with Gasteiger partial charge in [0.2, 0.25) is 0 Å². The summed E-state index contributed by atoms with van der Waals surface area (Å²) in [5.41, 5.74) is 4.67. The van der Waals surface area contributed by atoms with Crippen LogP contribution in [0.5, 0.6) is 5.75 Å². The van der Waals surface area contributed by atoms with Crippen LogP contribution in [0.25, 0.3) is 22.6 Å². The second kappa shape index (κ2) is 8.56. The van der Waals surface area contributed by atoms with Crippen LogP contribution in [-0.2, 0) is 16.1 Å². The number of hydrogen-bond donors (Lipinski definition) is 0. The van der Waals surface area contributed by atoms with Gasteiger partial charge in [-0.1, -0.05) is 78.4 Å². The minimum absolute atomic E-state index is 0.339. The standard InChI is InChI=1S/C29H22O3/c1-20-7-10-24-17-25(12-11-23(24)15-20)28-18-26(29(30)32-28)16-21-8-13-27(14-9-21)31-19-22-5-3-2-4-6-22/h2-18H,19H2,1H3/b26-16-. The largest absolute Gasteiger partial charge is 0.489 e. The van der Waals surface area contributed by atoms with Crippen molar-refractivity contribution >= 4 is 28.6 Å². The van der Waals surface area contributed by atoms with Gasteiger partial charge in [-0.15, -0.1) is 0 Å². The smallest absolute Gasteiger partial charge is 0.343 e. The number of carbonyl (C=O) groups is 1. The summed E-state index contributed by atoms with van der Waals surface area (Å²) in [5.74, 6) is 1.02. The van der Waals surface area contributed by atoms with Gasteiger partial charge in [0, 0.05) is 5.56 Å². The van der Waals surface area contributed by atoms with Gasteiger partial charge >= 0.3 is 5.97 Å². The molecule has 0 saturated carbocycles. The Morgan fingerprint density at radius 3 is 2.41 bits per heavy atom. The van der Waals surface area contributed by atoms with E-state index in [-0.39, 0.29) is 5.97 Å². The molecule has 0 N–H and O–H groups in total. The molecular weight excluding hydrogens is 396 g/mol. The Hall–Kier alpha value is -4.11. The highest BCUT2D eigenvalue weighted by molar-refractivity contribution is 6.05. The molecule has 5 rings (SSSR count). The van der Waals surface area contributed by atoms with Gasteiger partial charge in [0.25, 0.3) is 0 Å². The first-order valence-corrected chi connectivity index (χ1v) is 10.6. The number of fused-ring (bicyclic) bond motifs is 1. The molecule has 0 unspecified atom stereocenters. The normalized spacial score (nSPS) is 14.5. The lowest BCUT2D eigenvalue weighted by Crippen LogP contribution is -1.97. The van der Waals surface area contributed by atoms with Crippen molar-refractivity contribution in [1.82, 2.24) is 0 Å². The maximum Gasteiger partial charge on any atom is 0.343 e. The summed E-state index contributed by atoms with van der Waals surface area (Å²) in [7, 11) is 0. The Morgan fingerprint density at radius 2 is 1.59 bits per heavy atom. The fourth-order valence-electron chi connectivity index (χ4n) is 3.73. The fraction of sp³-hybridized carbons (Fsp3) is 0.0690. The van der Waals surface area contributed by atoms with E-state index < -0.39 is 0 Å². The first-order chi connectivity index (χ1) is 15.6. The quantitative estimate of drug-likeness (QED) is 0.267. The van der Waals surface area contributed by atoms with Crippen LogP contribution in [0.3, 0.4) is 0 Å². The van der Waals surface area contributed by atoms with Crippen LogP contribution in [0.15, 0.2) is 103 Å². The fourth-order valence-corrected chi connectivity index (χ4v) is 3.73. The molecular formula is C29H22O3. The summed E-state index contributed by atoms with van der Waals surface area (Å²) in [6.45, 7) is 2.60. The maximum atomic E-state index is 12.4. The van der Waals surface area contributed by atoms with Crippen LogP contribution in [0.1, 0.15) is 22.3 Å². The Labute approximate surface area is 187 Å². The zero-order valence-corrected chi connectivity index (χ0v) is 17.7. The van der Waals surface area contributed by atoms with Crippen LogP contribution >= 0.6 is 0 Å². The average molecular weight is 418 g/mol. The highest BCUT2D eigenvalue weighted by Crippen LogP contribution is 2.30. The van der Waals surface area contributed by atoms with Crippen molar-refractivity contribution in [3.05, 3.63) is 125 Å². The highest BCUT2D eigenvalue weighted by Gasteiger charge is 2.22. The van der Waals surface area contributed by atoms with E-state index in [9.17, 15) is 4.79 Å². The number of aryl methyl sites for hydroxylation is 1. The van der Waals surface area contributed by atoms with Crippen molar-refractivity contribution in [2.24, 2.45) is 0 Å². The number of ether oxygens (including phenoxy) is 2. The van der Waals surface area contributed by atoms with Crippen molar-refractivity contribution in [2.45, 2.75) is 13.5 Å². The molecule has 3 nitrogen and oxygen atoms in total. The predicted octanol–water partition coefficient (Wildman–Crippen LogP) is 6.71. The summed E-state index contributed by atoms with van der Waals surface area (Å²) in [4.78, 5) is 12.4. The molecule has 4 aromatic rings. The molecule has 4 aromatic carbocycles. The van der Waals surface area contributed by atoms with Crippen LogP contribution in [0, 0.1) is 6.92 Å². The first kappa shape index (κ1) is 19.8. The lowest BCUT2D eigenvalue weighted by molar-refractivity contribution is -0.130. The Balaban J connectivity index is 1.32. The van der Waals surface area contributed by atoms with E-state index in [2.05, 4.69) is 37.3 Å². The molecule has 0 atom stereocenters. The third-order valence-corrected chi connectivity index (χ3v) is 5.46. The summed E-state index contributed by atoms with van der Waals surface area (Å²) < 4.78 is 11.4. The minimum Gasteiger partial charge on any atom is -0.489 e. The van der Waals surface area contributed by atoms with Gasteiger partial charge < -0.3 is 9.47 Å². The van der Waals surface area contributed by atoms with E-state index in [1.54, 1.807) is 6.08 Å². The van der Waals surface area contributed by atoms with Gasteiger partial charge in [0.05, 0.1) is 5.57 Å². The summed E-state index contributed by atoms with van der Waals surface area (Å²) in [5, 5.41) is 2.29. The molecule has 3 heteroatoms. The number of esters is 1. The SMILES string of the molecule is Cc1ccc2cc(C3=C/C(=C/c4ccc(OCc5ccccc5)cc4)C(=O)O3)ccc2c1. The number of hydrogen-bond acceptors (Lipinski definition) is 3. The van der Waals surface area contributed by atoms with E-state index in [1.165, 1.54) is 10.9 Å². The molecule has 0 saturated heterocycles. The molecule has 0 fully saturated rings. The minimum atomic E-state index is -0.339. The lowest BCUT2D eigenvalue weighted by Gasteiger charge is -2.06. The molecule has 0 aromatic heterocycles.